The molecule has 1 aromatic rings. The van der Waals surface area contributed by atoms with Crippen molar-refractivity contribution >= 4 is 17.4 Å². The topological polar surface area (TPSA) is 23.5 Å². The minimum atomic E-state index is -0.347. The molecule has 2 nitrogen and oxygen atoms in total. The van der Waals surface area contributed by atoms with Gasteiger partial charge in [0, 0.05) is 34.8 Å². The number of thioether (sulfide) groups is 1. The number of anilines is 1. The molecular weight excluding hydrogens is 254 g/mol. The van der Waals surface area contributed by atoms with Crippen molar-refractivity contribution in [3.8, 4) is 0 Å². The molecule has 1 aromatic carbocycles. The molecule has 19 heavy (non-hydrogen) atoms. The number of nitrogens with zero attached hydrogens (tertiary/aromatic N) is 1. The highest BCUT2D eigenvalue weighted by atomic mass is 32.2. The van der Waals surface area contributed by atoms with Gasteiger partial charge in [-0.3, -0.25) is 0 Å². The number of aliphatic hydroxyl groups is 1. The van der Waals surface area contributed by atoms with Gasteiger partial charge in [-0.25, -0.2) is 0 Å². The van der Waals surface area contributed by atoms with E-state index in [0.29, 0.717) is 4.75 Å². The van der Waals surface area contributed by atoms with E-state index in [0.717, 1.165) is 30.8 Å². The van der Waals surface area contributed by atoms with Crippen LogP contribution in [-0.4, -0.2) is 28.7 Å². The van der Waals surface area contributed by atoms with Crippen LogP contribution in [-0.2, 0) is 0 Å². The predicted molar refractivity (Wildman–Crippen MR) is 85.1 cm³/mol. The van der Waals surface area contributed by atoms with Gasteiger partial charge in [0.1, 0.15) is 0 Å². The van der Waals surface area contributed by atoms with Crippen LogP contribution in [0.5, 0.6) is 0 Å². The Labute approximate surface area is 121 Å². The predicted octanol–water partition coefficient (Wildman–Crippen LogP) is 3.85. The Bertz CT molecular complexity index is 419. The zero-order valence-electron chi connectivity index (χ0n) is 12.2. The van der Waals surface area contributed by atoms with Gasteiger partial charge in [0.15, 0.2) is 0 Å². The fourth-order valence-electron chi connectivity index (χ4n) is 2.54. The Morgan fingerprint density at radius 1 is 1.32 bits per heavy atom. The fraction of sp³-hybridized carbons (Fsp3) is 0.625. The monoisotopic (exact) mass is 279 g/mol. The van der Waals surface area contributed by atoms with Crippen LogP contribution in [0, 0.1) is 0 Å². The Hall–Kier alpha value is -0.670. The van der Waals surface area contributed by atoms with Crippen molar-refractivity contribution in [2.45, 2.75) is 44.5 Å². The van der Waals surface area contributed by atoms with E-state index in [-0.39, 0.29) is 6.10 Å². The summed E-state index contributed by atoms with van der Waals surface area (Å²) in [5, 5.41) is 10.2. The summed E-state index contributed by atoms with van der Waals surface area (Å²) in [6.07, 6.45) is 1.61. The van der Waals surface area contributed by atoms with Gasteiger partial charge in [-0.1, -0.05) is 39.0 Å². The maximum absolute atomic E-state index is 10.2. The molecule has 1 N–H and O–H groups in total. The van der Waals surface area contributed by atoms with Crippen molar-refractivity contribution in [2.75, 3.05) is 23.7 Å². The lowest BCUT2D eigenvalue weighted by atomic mass is 10.0. The van der Waals surface area contributed by atoms with Crippen LogP contribution in [0.2, 0.25) is 0 Å². The summed E-state index contributed by atoms with van der Waals surface area (Å²) in [6.45, 7) is 8.83. The van der Waals surface area contributed by atoms with Crippen LogP contribution in [0.1, 0.15) is 45.3 Å². The molecule has 0 amide bonds. The van der Waals surface area contributed by atoms with Gasteiger partial charge in [0.05, 0.1) is 6.10 Å². The van der Waals surface area contributed by atoms with E-state index in [1.54, 1.807) is 0 Å². The summed E-state index contributed by atoms with van der Waals surface area (Å²) in [5.74, 6) is 1.16. The minimum absolute atomic E-state index is 0.347. The zero-order valence-corrected chi connectivity index (χ0v) is 13.0. The van der Waals surface area contributed by atoms with Crippen LogP contribution < -0.4 is 4.90 Å². The molecule has 1 fully saturated rings. The van der Waals surface area contributed by atoms with Gasteiger partial charge in [0.2, 0.25) is 0 Å². The minimum Gasteiger partial charge on any atom is -0.388 e. The van der Waals surface area contributed by atoms with Crippen LogP contribution in [0.3, 0.4) is 0 Å². The molecule has 1 heterocycles. The Kier molecular flexibility index (Phi) is 4.80. The second-order valence-electron chi connectivity index (χ2n) is 5.83. The molecule has 0 spiro atoms. The molecule has 1 aliphatic heterocycles. The highest BCUT2D eigenvalue weighted by Gasteiger charge is 2.25. The molecule has 106 valence electrons. The smallest absolute Gasteiger partial charge is 0.0807 e. The first-order valence-electron chi connectivity index (χ1n) is 7.19. The van der Waals surface area contributed by atoms with Crippen LogP contribution >= 0.6 is 11.8 Å². The molecule has 1 saturated heterocycles. The summed E-state index contributed by atoms with van der Waals surface area (Å²) < 4.78 is 0.368. The molecule has 0 bridgehead atoms. The third-order valence-electron chi connectivity index (χ3n) is 3.86. The number of benzene rings is 1. The first-order chi connectivity index (χ1) is 9.03. The molecule has 0 aliphatic carbocycles. The highest BCUT2D eigenvalue weighted by molar-refractivity contribution is 8.00. The van der Waals surface area contributed by atoms with E-state index < -0.39 is 0 Å². The molecule has 1 aliphatic rings. The summed E-state index contributed by atoms with van der Waals surface area (Å²) >= 11 is 2.06. The maximum Gasteiger partial charge on any atom is 0.0807 e. The second-order valence-corrected chi connectivity index (χ2v) is 7.63. The van der Waals surface area contributed by atoms with Crippen molar-refractivity contribution in [1.29, 1.82) is 0 Å². The SMILES string of the molecule is CC[C@H](O)c1ccccc1N1CCSC(C)(C)CC1. The summed E-state index contributed by atoms with van der Waals surface area (Å²) in [7, 11) is 0. The maximum atomic E-state index is 10.2. The largest absolute Gasteiger partial charge is 0.388 e. The standard InChI is InChI=1S/C16H25NOS/c1-4-15(18)13-7-5-6-8-14(13)17-10-9-16(2,3)19-12-11-17/h5-8,15,18H,4,9-12H2,1-3H3/t15-/m0/s1. The average molecular weight is 279 g/mol. The van der Waals surface area contributed by atoms with Gasteiger partial charge in [-0.05, 0) is 18.9 Å². The van der Waals surface area contributed by atoms with E-state index in [2.05, 4.69) is 48.7 Å². The van der Waals surface area contributed by atoms with E-state index in [1.165, 1.54) is 12.1 Å². The summed E-state index contributed by atoms with van der Waals surface area (Å²) in [4.78, 5) is 2.44. The first kappa shape index (κ1) is 14.7. The van der Waals surface area contributed by atoms with Crippen molar-refractivity contribution in [1.82, 2.24) is 0 Å². The molecule has 0 saturated carbocycles. The third kappa shape index (κ3) is 3.67. The van der Waals surface area contributed by atoms with E-state index in [4.69, 9.17) is 0 Å². The van der Waals surface area contributed by atoms with E-state index in [9.17, 15) is 5.11 Å². The molecule has 0 unspecified atom stereocenters. The van der Waals surface area contributed by atoms with Crippen LogP contribution in [0.25, 0.3) is 0 Å². The van der Waals surface area contributed by atoms with Crippen LogP contribution in [0.15, 0.2) is 24.3 Å². The number of para-hydroxylation sites is 1. The third-order valence-corrected chi connectivity index (χ3v) is 5.23. The van der Waals surface area contributed by atoms with Gasteiger partial charge in [-0.15, -0.1) is 0 Å². The van der Waals surface area contributed by atoms with Gasteiger partial charge < -0.3 is 10.0 Å². The Balaban J connectivity index is 2.22. The van der Waals surface area contributed by atoms with Gasteiger partial charge >= 0.3 is 0 Å². The van der Waals surface area contributed by atoms with Crippen molar-refractivity contribution in [3.05, 3.63) is 29.8 Å². The normalized spacial score (nSPS) is 20.9. The van der Waals surface area contributed by atoms with Crippen molar-refractivity contribution in [2.24, 2.45) is 0 Å². The molecule has 0 aromatic heterocycles. The van der Waals surface area contributed by atoms with E-state index >= 15 is 0 Å². The number of hydrogen-bond donors (Lipinski definition) is 1. The zero-order chi connectivity index (χ0) is 13.9. The molecule has 1 atom stereocenters. The lowest BCUT2D eigenvalue weighted by Crippen LogP contribution is -2.28. The lowest BCUT2D eigenvalue weighted by molar-refractivity contribution is 0.174. The second kappa shape index (κ2) is 6.19. The Morgan fingerprint density at radius 3 is 2.79 bits per heavy atom. The van der Waals surface area contributed by atoms with Crippen molar-refractivity contribution in [3.63, 3.8) is 0 Å². The van der Waals surface area contributed by atoms with Crippen LogP contribution in [0.4, 0.5) is 5.69 Å². The molecule has 0 radical (unpaired) electrons. The van der Waals surface area contributed by atoms with Gasteiger partial charge in [-0.2, -0.15) is 11.8 Å². The van der Waals surface area contributed by atoms with Crippen molar-refractivity contribution < 1.29 is 5.11 Å². The average Bonchev–Trinajstić information content (AvgIpc) is 2.59. The molecular formula is C16H25NOS. The number of aliphatic hydroxyl groups excluding tert-OH is 1. The van der Waals surface area contributed by atoms with Gasteiger partial charge in [0.25, 0.3) is 0 Å². The molecule has 3 heteroatoms. The first-order valence-corrected chi connectivity index (χ1v) is 8.18. The highest BCUT2D eigenvalue weighted by Crippen LogP contribution is 2.34. The Morgan fingerprint density at radius 2 is 2.05 bits per heavy atom. The lowest BCUT2D eigenvalue weighted by Gasteiger charge is -2.27. The molecule has 2 rings (SSSR count). The number of rotatable bonds is 3. The quantitative estimate of drug-likeness (QED) is 0.909. The number of hydrogen-bond acceptors (Lipinski definition) is 3. The summed E-state index contributed by atoms with van der Waals surface area (Å²) in [6, 6.07) is 8.31. The van der Waals surface area contributed by atoms with E-state index in [1.807, 2.05) is 13.0 Å². The summed E-state index contributed by atoms with van der Waals surface area (Å²) in [5.41, 5.74) is 2.30. The fourth-order valence-corrected chi connectivity index (χ4v) is 3.64.